The molecule has 4 aliphatic rings. The number of likely N-dealkylation sites (tertiary alicyclic amines) is 1. The van der Waals surface area contributed by atoms with Gasteiger partial charge in [0.25, 0.3) is 5.91 Å². The maximum atomic E-state index is 13.7. The van der Waals surface area contributed by atoms with Crippen LogP contribution in [-0.4, -0.2) is 63.8 Å². The number of fused-ring (bicyclic) bond motifs is 4. The smallest absolute Gasteiger partial charge is 0.254 e. The van der Waals surface area contributed by atoms with Crippen LogP contribution in [0.15, 0.2) is 36.4 Å². The molecule has 1 unspecified atom stereocenters. The van der Waals surface area contributed by atoms with E-state index in [1.54, 1.807) is 7.11 Å². The third-order valence-corrected chi connectivity index (χ3v) is 10.4. The third kappa shape index (κ3) is 4.02. The molecule has 41 heavy (non-hydrogen) atoms. The van der Waals surface area contributed by atoms with Gasteiger partial charge in [-0.05, 0) is 86.6 Å². The van der Waals surface area contributed by atoms with Gasteiger partial charge < -0.3 is 29.8 Å². The van der Waals surface area contributed by atoms with Crippen molar-refractivity contribution in [2.24, 2.45) is 24.6 Å². The molecule has 0 radical (unpaired) electrons. The number of para-hydroxylation sites is 1. The topological polar surface area (TPSA) is 90.3 Å². The molecule has 4 aromatic rings. The molecule has 2 aliphatic carbocycles. The van der Waals surface area contributed by atoms with E-state index in [-0.39, 0.29) is 18.0 Å². The standard InChI is InChI=1S/C33H40N6O2/c1-37-31-25(13-23(15-28(31)41-2)33(40)39-18-22-10-11-26(39)29(22)34)36-32(37)27-14-20-5-3-7-24(21-6-4-12-35-16-21)30(20)38(27)17-19-8-9-19/h3,5,7,13-15,19,21-22,26,29,35H,4,6,8-12,16-18,34H2,1-2H3/t21?,22-,26-,29-/m1/s1. The van der Waals surface area contributed by atoms with Crippen molar-refractivity contribution < 1.29 is 9.53 Å². The maximum absolute atomic E-state index is 13.7. The summed E-state index contributed by atoms with van der Waals surface area (Å²) in [7, 11) is 3.75. The van der Waals surface area contributed by atoms with Crippen molar-refractivity contribution in [3.8, 4) is 17.3 Å². The van der Waals surface area contributed by atoms with Gasteiger partial charge in [0.15, 0.2) is 5.82 Å². The Labute approximate surface area is 240 Å². The lowest BCUT2D eigenvalue weighted by Gasteiger charge is -2.27. The van der Waals surface area contributed by atoms with Gasteiger partial charge >= 0.3 is 0 Å². The predicted molar refractivity (Wildman–Crippen MR) is 161 cm³/mol. The van der Waals surface area contributed by atoms with Crippen LogP contribution >= 0.6 is 0 Å². The molecule has 2 saturated carbocycles. The Kier molecular flexibility index (Phi) is 5.94. The molecule has 0 spiro atoms. The molecule has 4 fully saturated rings. The predicted octanol–water partition coefficient (Wildman–Crippen LogP) is 4.64. The van der Waals surface area contributed by atoms with Gasteiger partial charge in [-0.1, -0.05) is 18.2 Å². The van der Waals surface area contributed by atoms with E-state index < -0.39 is 0 Å². The van der Waals surface area contributed by atoms with E-state index in [4.69, 9.17) is 15.5 Å². The Bertz CT molecular complexity index is 1660. The number of piperidine rings is 2. The monoisotopic (exact) mass is 552 g/mol. The van der Waals surface area contributed by atoms with Crippen molar-refractivity contribution in [2.45, 2.75) is 63.1 Å². The van der Waals surface area contributed by atoms with Gasteiger partial charge in [-0.3, -0.25) is 4.79 Å². The summed E-state index contributed by atoms with van der Waals surface area (Å²) in [6.07, 6.45) is 7.13. The van der Waals surface area contributed by atoms with Crippen LogP contribution in [-0.2, 0) is 13.6 Å². The summed E-state index contributed by atoms with van der Waals surface area (Å²) in [5.74, 6) is 3.29. The number of nitrogens with two attached hydrogens (primary N) is 1. The first-order valence-corrected chi connectivity index (χ1v) is 15.5. The summed E-state index contributed by atoms with van der Waals surface area (Å²) in [6.45, 7) is 3.90. The van der Waals surface area contributed by atoms with Crippen LogP contribution in [0.2, 0.25) is 0 Å². The molecule has 4 heterocycles. The highest BCUT2D eigenvalue weighted by Gasteiger charge is 2.47. The summed E-state index contributed by atoms with van der Waals surface area (Å²) in [4.78, 5) is 20.9. The summed E-state index contributed by atoms with van der Waals surface area (Å²) in [6, 6.07) is 13.2. The van der Waals surface area contributed by atoms with Gasteiger partial charge in [-0.15, -0.1) is 0 Å². The number of aromatic nitrogens is 3. The van der Waals surface area contributed by atoms with E-state index in [9.17, 15) is 4.79 Å². The van der Waals surface area contributed by atoms with E-state index in [0.29, 0.717) is 23.1 Å². The number of hydrogen-bond acceptors (Lipinski definition) is 5. The van der Waals surface area contributed by atoms with Crippen LogP contribution in [0.4, 0.5) is 0 Å². The Balaban J connectivity index is 1.25. The second-order valence-corrected chi connectivity index (χ2v) is 12.9. The van der Waals surface area contributed by atoms with E-state index in [1.807, 2.05) is 17.0 Å². The third-order valence-electron chi connectivity index (χ3n) is 10.4. The van der Waals surface area contributed by atoms with Crippen LogP contribution in [0.5, 0.6) is 5.75 Å². The minimum atomic E-state index is 0.0358. The van der Waals surface area contributed by atoms with Crippen molar-refractivity contribution in [3.63, 3.8) is 0 Å². The Morgan fingerprint density at radius 2 is 2.00 bits per heavy atom. The number of carbonyl (C=O) groups is 1. The number of imidazole rings is 1. The lowest BCUT2D eigenvalue weighted by Crippen LogP contribution is -2.41. The SMILES string of the molecule is COc1cc(C(=O)N2C[C@H]3CC[C@@H]2[C@@H]3N)cc2nc(-c3cc4cccc(C5CCCNC5)c4n3CC3CC3)n(C)c12. The first kappa shape index (κ1) is 25.4. The molecule has 8 heteroatoms. The summed E-state index contributed by atoms with van der Waals surface area (Å²) < 4.78 is 10.6. The molecule has 2 aliphatic heterocycles. The van der Waals surface area contributed by atoms with E-state index in [1.165, 1.54) is 42.1 Å². The fraction of sp³-hybridized carbons (Fsp3) is 0.515. The van der Waals surface area contributed by atoms with Crippen molar-refractivity contribution in [1.82, 2.24) is 24.3 Å². The Morgan fingerprint density at radius 1 is 1.12 bits per heavy atom. The van der Waals surface area contributed by atoms with Gasteiger partial charge in [-0.25, -0.2) is 4.98 Å². The van der Waals surface area contributed by atoms with Gasteiger partial charge in [-0.2, -0.15) is 0 Å². The minimum Gasteiger partial charge on any atom is -0.494 e. The lowest BCUT2D eigenvalue weighted by molar-refractivity contribution is 0.0700. The molecule has 214 valence electrons. The number of methoxy groups -OCH3 is 1. The molecule has 8 rings (SSSR count). The average Bonchev–Trinajstić information content (AvgIpc) is 3.39. The molecular weight excluding hydrogens is 512 g/mol. The zero-order valence-corrected chi connectivity index (χ0v) is 24.1. The summed E-state index contributed by atoms with van der Waals surface area (Å²) in [5, 5.41) is 4.89. The average molecular weight is 553 g/mol. The van der Waals surface area contributed by atoms with Gasteiger partial charge in [0.1, 0.15) is 11.3 Å². The van der Waals surface area contributed by atoms with Gasteiger partial charge in [0.2, 0.25) is 0 Å². The van der Waals surface area contributed by atoms with Crippen molar-refractivity contribution in [1.29, 1.82) is 0 Å². The fourth-order valence-electron chi connectivity index (χ4n) is 8.00. The first-order valence-electron chi connectivity index (χ1n) is 15.5. The number of ether oxygens (including phenoxy) is 1. The molecule has 2 bridgehead atoms. The molecule has 3 N–H and O–H groups in total. The van der Waals surface area contributed by atoms with Crippen LogP contribution in [0.25, 0.3) is 33.5 Å². The number of benzene rings is 2. The second kappa shape index (κ2) is 9.60. The molecule has 2 aromatic heterocycles. The molecule has 4 atom stereocenters. The van der Waals surface area contributed by atoms with E-state index in [2.05, 4.69) is 45.8 Å². The van der Waals surface area contributed by atoms with Crippen LogP contribution in [0.1, 0.15) is 60.4 Å². The molecule has 2 aromatic carbocycles. The van der Waals surface area contributed by atoms with Crippen LogP contribution in [0, 0.1) is 11.8 Å². The first-order chi connectivity index (χ1) is 20.0. The normalized spacial score (nSPS) is 26.0. The van der Waals surface area contributed by atoms with Crippen molar-refractivity contribution >= 4 is 27.8 Å². The van der Waals surface area contributed by atoms with E-state index in [0.717, 1.165) is 67.5 Å². The maximum Gasteiger partial charge on any atom is 0.254 e. The van der Waals surface area contributed by atoms with Crippen LogP contribution < -0.4 is 15.8 Å². The minimum absolute atomic E-state index is 0.0358. The Hall–Kier alpha value is -3.36. The number of rotatable bonds is 6. The van der Waals surface area contributed by atoms with Crippen LogP contribution in [0.3, 0.4) is 0 Å². The van der Waals surface area contributed by atoms with E-state index >= 15 is 0 Å². The van der Waals surface area contributed by atoms with Gasteiger partial charge in [0.05, 0.1) is 23.8 Å². The number of carbonyl (C=O) groups excluding carboxylic acids is 1. The molecular formula is C33H40N6O2. The highest BCUT2D eigenvalue weighted by Crippen LogP contribution is 2.41. The zero-order valence-electron chi connectivity index (χ0n) is 24.1. The number of hydrogen-bond donors (Lipinski definition) is 2. The number of nitrogens with one attached hydrogen (secondary N) is 1. The number of nitrogens with zero attached hydrogens (tertiary/aromatic N) is 4. The number of amides is 1. The molecule has 1 amide bonds. The zero-order chi connectivity index (χ0) is 27.8. The van der Waals surface area contributed by atoms with Crippen molar-refractivity contribution in [2.75, 3.05) is 26.7 Å². The Morgan fingerprint density at radius 3 is 2.71 bits per heavy atom. The molecule has 2 saturated heterocycles. The number of aryl methyl sites for hydroxylation is 1. The van der Waals surface area contributed by atoms with Crippen molar-refractivity contribution in [3.05, 3.63) is 47.5 Å². The van der Waals surface area contributed by atoms with Gasteiger partial charge in [0, 0.05) is 49.7 Å². The quantitative estimate of drug-likeness (QED) is 0.364. The highest BCUT2D eigenvalue weighted by atomic mass is 16.5. The largest absolute Gasteiger partial charge is 0.494 e. The highest BCUT2D eigenvalue weighted by molar-refractivity contribution is 6.00. The summed E-state index contributed by atoms with van der Waals surface area (Å²) in [5.41, 5.74) is 12.7. The second-order valence-electron chi connectivity index (χ2n) is 12.9. The molecule has 8 nitrogen and oxygen atoms in total. The lowest BCUT2D eigenvalue weighted by atomic mass is 9.90. The fourth-order valence-corrected chi connectivity index (χ4v) is 8.00. The summed E-state index contributed by atoms with van der Waals surface area (Å²) >= 11 is 0.